The van der Waals surface area contributed by atoms with Crippen molar-refractivity contribution >= 4 is 29.4 Å². The molecule has 2 heterocycles. The topological polar surface area (TPSA) is 135 Å². The van der Waals surface area contributed by atoms with Gasteiger partial charge in [0.05, 0.1) is 43.7 Å². The molecular formula is C28H28N2O9S. The molecule has 0 aliphatic carbocycles. The highest BCUT2D eigenvalue weighted by Gasteiger charge is 2.35. The smallest absolute Gasteiger partial charge is 0.341 e. The molecule has 0 unspecified atom stereocenters. The highest BCUT2D eigenvalue weighted by Crippen LogP contribution is 2.38. The molecule has 210 valence electrons. The summed E-state index contributed by atoms with van der Waals surface area (Å²) in [7, 11) is 4.46. The highest BCUT2D eigenvalue weighted by molar-refractivity contribution is 7.07. The number of aliphatic carboxylic acids is 1. The lowest BCUT2D eigenvalue weighted by Crippen LogP contribution is -2.40. The second-order valence-electron chi connectivity index (χ2n) is 8.50. The van der Waals surface area contributed by atoms with Crippen LogP contribution in [-0.2, 0) is 14.3 Å². The van der Waals surface area contributed by atoms with Crippen molar-refractivity contribution in [1.82, 2.24) is 4.57 Å². The SMILES string of the molecule is CCOC(=O)C1=C(C)N=c2s/c(=C/c3ccc(OCC(=O)O)c(OC)c3)c(=O)n2[C@@H]1c1cc(OC)ccc1OC. The van der Waals surface area contributed by atoms with E-state index in [9.17, 15) is 14.4 Å². The van der Waals surface area contributed by atoms with E-state index in [2.05, 4.69) is 4.99 Å². The summed E-state index contributed by atoms with van der Waals surface area (Å²) in [6, 6.07) is 9.15. The molecule has 3 aromatic rings. The Morgan fingerprint density at radius 1 is 1.05 bits per heavy atom. The van der Waals surface area contributed by atoms with Gasteiger partial charge in [-0.3, -0.25) is 9.36 Å². The van der Waals surface area contributed by atoms with E-state index < -0.39 is 24.6 Å². The molecule has 2 aromatic carbocycles. The Hall–Kier alpha value is -4.58. The van der Waals surface area contributed by atoms with E-state index in [1.165, 1.54) is 25.9 Å². The number of allylic oxidation sites excluding steroid dienone is 1. The molecule has 0 fully saturated rings. The van der Waals surface area contributed by atoms with E-state index in [1.807, 2.05) is 0 Å². The first-order valence-corrected chi connectivity index (χ1v) is 13.0. The standard InChI is InChI=1S/C28H28N2O9S/c1-6-38-27(34)24-15(2)29-28-30(25(24)18-13-17(35-3)8-10-19(18)36-4)26(33)22(40-28)12-16-7-9-20(21(11-16)37-5)39-14-23(31)32/h7-13,25H,6,14H2,1-5H3,(H,31,32)/b22-12+/t25-/m1/s1. The van der Waals surface area contributed by atoms with Crippen LogP contribution in [0.3, 0.4) is 0 Å². The predicted molar refractivity (Wildman–Crippen MR) is 146 cm³/mol. The van der Waals surface area contributed by atoms with Gasteiger partial charge in [0.25, 0.3) is 5.56 Å². The minimum atomic E-state index is -1.12. The Morgan fingerprint density at radius 2 is 1.77 bits per heavy atom. The first-order chi connectivity index (χ1) is 19.2. The van der Waals surface area contributed by atoms with Crippen LogP contribution >= 0.6 is 11.3 Å². The molecule has 40 heavy (non-hydrogen) atoms. The van der Waals surface area contributed by atoms with Gasteiger partial charge < -0.3 is 28.8 Å². The minimum absolute atomic E-state index is 0.149. The van der Waals surface area contributed by atoms with Gasteiger partial charge in [0.2, 0.25) is 0 Å². The van der Waals surface area contributed by atoms with Crippen LogP contribution in [0.15, 0.2) is 57.5 Å². The number of fused-ring (bicyclic) bond motifs is 1. The monoisotopic (exact) mass is 568 g/mol. The quantitative estimate of drug-likeness (QED) is 0.366. The van der Waals surface area contributed by atoms with Crippen LogP contribution in [0.1, 0.15) is 31.0 Å². The summed E-state index contributed by atoms with van der Waals surface area (Å²) in [5.41, 5.74) is 1.41. The van der Waals surface area contributed by atoms with Crippen LogP contribution in [0.25, 0.3) is 6.08 Å². The van der Waals surface area contributed by atoms with Crippen molar-refractivity contribution in [1.29, 1.82) is 0 Å². The van der Waals surface area contributed by atoms with Crippen LogP contribution in [0.5, 0.6) is 23.0 Å². The van der Waals surface area contributed by atoms with Crippen LogP contribution < -0.4 is 33.8 Å². The molecule has 1 N–H and O–H groups in total. The largest absolute Gasteiger partial charge is 0.497 e. The normalized spacial score (nSPS) is 14.7. The number of ether oxygens (including phenoxy) is 5. The number of carboxylic acid groups (broad SMARTS) is 1. The molecule has 0 saturated heterocycles. The number of carbonyl (C=O) groups is 2. The zero-order valence-electron chi connectivity index (χ0n) is 22.5. The van der Waals surface area contributed by atoms with Crippen molar-refractivity contribution in [2.45, 2.75) is 19.9 Å². The van der Waals surface area contributed by atoms with Gasteiger partial charge in [0, 0.05) is 5.56 Å². The van der Waals surface area contributed by atoms with Crippen LogP contribution in [0, 0.1) is 0 Å². The average Bonchev–Trinajstić information content (AvgIpc) is 3.24. The number of carboxylic acids is 1. The Bertz CT molecular complexity index is 1670. The number of hydrogen-bond acceptors (Lipinski definition) is 10. The molecule has 4 rings (SSSR count). The Kier molecular flexibility index (Phi) is 8.58. The summed E-state index contributed by atoms with van der Waals surface area (Å²) in [5, 5.41) is 8.90. The van der Waals surface area contributed by atoms with Gasteiger partial charge in [-0.15, -0.1) is 0 Å². The first-order valence-electron chi connectivity index (χ1n) is 12.2. The maximum atomic E-state index is 13.9. The number of hydrogen-bond donors (Lipinski definition) is 1. The molecule has 1 atom stereocenters. The minimum Gasteiger partial charge on any atom is -0.497 e. The van der Waals surface area contributed by atoms with E-state index in [0.717, 1.165) is 11.3 Å². The zero-order valence-corrected chi connectivity index (χ0v) is 23.4. The van der Waals surface area contributed by atoms with E-state index >= 15 is 0 Å². The van der Waals surface area contributed by atoms with Gasteiger partial charge in [-0.2, -0.15) is 0 Å². The third-order valence-electron chi connectivity index (χ3n) is 6.09. The summed E-state index contributed by atoms with van der Waals surface area (Å²) in [4.78, 5) is 42.9. The van der Waals surface area contributed by atoms with Crippen molar-refractivity contribution in [2.75, 3.05) is 34.5 Å². The summed E-state index contributed by atoms with van der Waals surface area (Å²) in [6.45, 7) is 3.03. The number of aromatic nitrogens is 1. The summed E-state index contributed by atoms with van der Waals surface area (Å²) in [6.07, 6.45) is 1.66. The Labute approximate surface area is 233 Å². The van der Waals surface area contributed by atoms with Crippen LogP contribution in [0.4, 0.5) is 0 Å². The number of nitrogens with zero attached hydrogens (tertiary/aromatic N) is 2. The predicted octanol–water partition coefficient (Wildman–Crippen LogP) is 2.29. The van der Waals surface area contributed by atoms with Gasteiger partial charge in [0.15, 0.2) is 22.9 Å². The Balaban J connectivity index is 1.91. The van der Waals surface area contributed by atoms with Crippen molar-refractivity contribution in [3.05, 3.63) is 78.5 Å². The number of methoxy groups -OCH3 is 3. The maximum absolute atomic E-state index is 13.9. The van der Waals surface area contributed by atoms with Crippen molar-refractivity contribution < 1.29 is 38.4 Å². The van der Waals surface area contributed by atoms with E-state index in [4.69, 9.17) is 28.8 Å². The third-order valence-corrected chi connectivity index (χ3v) is 7.07. The molecule has 1 aromatic heterocycles. The molecule has 0 amide bonds. The van der Waals surface area contributed by atoms with E-state index in [-0.39, 0.29) is 23.5 Å². The molecular weight excluding hydrogens is 540 g/mol. The molecule has 0 spiro atoms. The molecule has 0 radical (unpaired) electrons. The second-order valence-corrected chi connectivity index (χ2v) is 9.51. The fourth-order valence-electron chi connectivity index (χ4n) is 4.32. The molecule has 11 nitrogen and oxygen atoms in total. The van der Waals surface area contributed by atoms with Crippen molar-refractivity contribution in [2.24, 2.45) is 4.99 Å². The Morgan fingerprint density at radius 3 is 2.42 bits per heavy atom. The number of benzene rings is 2. The molecule has 0 saturated carbocycles. The summed E-state index contributed by atoms with van der Waals surface area (Å²) >= 11 is 1.16. The van der Waals surface area contributed by atoms with Crippen LogP contribution in [-0.4, -0.2) is 56.2 Å². The zero-order chi connectivity index (χ0) is 29.0. The fourth-order valence-corrected chi connectivity index (χ4v) is 5.37. The van der Waals surface area contributed by atoms with Crippen molar-refractivity contribution in [3.63, 3.8) is 0 Å². The summed E-state index contributed by atoms with van der Waals surface area (Å²) < 4.78 is 28.8. The van der Waals surface area contributed by atoms with Gasteiger partial charge in [0.1, 0.15) is 17.5 Å². The highest BCUT2D eigenvalue weighted by atomic mass is 32.1. The summed E-state index contributed by atoms with van der Waals surface area (Å²) in [5.74, 6) is -0.168. The van der Waals surface area contributed by atoms with Gasteiger partial charge in [-0.25, -0.2) is 14.6 Å². The fraction of sp³-hybridized carbons (Fsp3) is 0.286. The number of carbonyl (C=O) groups excluding carboxylic acids is 1. The lowest BCUT2D eigenvalue weighted by Gasteiger charge is -2.26. The molecule has 0 bridgehead atoms. The van der Waals surface area contributed by atoms with Gasteiger partial charge >= 0.3 is 11.9 Å². The third kappa shape index (κ3) is 5.57. The van der Waals surface area contributed by atoms with E-state index in [1.54, 1.807) is 56.3 Å². The average molecular weight is 569 g/mol. The number of rotatable bonds is 10. The molecule has 1 aliphatic heterocycles. The second kappa shape index (κ2) is 12.1. The van der Waals surface area contributed by atoms with Gasteiger partial charge in [-0.05, 0) is 55.8 Å². The lowest BCUT2D eigenvalue weighted by molar-refractivity contribution is -0.140. The first kappa shape index (κ1) is 28.4. The van der Waals surface area contributed by atoms with Gasteiger partial charge in [-0.1, -0.05) is 17.4 Å². The maximum Gasteiger partial charge on any atom is 0.341 e. The van der Waals surface area contributed by atoms with Crippen LogP contribution in [0.2, 0.25) is 0 Å². The van der Waals surface area contributed by atoms with E-state index in [0.29, 0.717) is 43.4 Å². The van der Waals surface area contributed by atoms with Crippen molar-refractivity contribution in [3.8, 4) is 23.0 Å². The molecule has 12 heteroatoms. The lowest BCUT2D eigenvalue weighted by atomic mass is 9.94. The molecule has 1 aliphatic rings. The number of thiazole rings is 1. The number of esters is 1.